The highest BCUT2D eigenvalue weighted by Gasteiger charge is 2.27. The second-order valence-electron chi connectivity index (χ2n) is 9.91. The Hall–Kier alpha value is -5.17. The van der Waals surface area contributed by atoms with Gasteiger partial charge in [0.2, 0.25) is 11.8 Å². The largest absolute Gasteiger partial charge is 0.445 e. The predicted molar refractivity (Wildman–Crippen MR) is 160 cm³/mol. The average Bonchev–Trinajstić information content (AvgIpc) is 3.00. The Balaban J connectivity index is 1.38. The van der Waals surface area contributed by atoms with E-state index in [1.165, 1.54) is 0 Å². The van der Waals surface area contributed by atoms with Gasteiger partial charge in [0.1, 0.15) is 18.7 Å². The number of alkyl carbamates (subject to hydrolysis) is 1. The molecule has 7 heteroatoms. The van der Waals surface area contributed by atoms with Crippen molar-refractivity contribution in [3.8, 4) is 0 Å². The van der Waals surface area contributed by atoms with Gasteiger partial charge in [-0.05, 0) is 44.3 Å². The maximum Gasteiger partial charge on any atom is 0.408 e. The molecular weight excluding hydrogens is 514 g/mol. The van der Waals surface area contributed by atoms with Gasteiger partial charge in [0, 0.05) is 12.8 Å². The van der Waals surface area contributed by atoms with Crippen LogP contribution in [0.1, 0.15) is 16.7 Å². The van der Waals surface area contributed by atoms with Crippen molar-refractivity contribution in [2.75, 3.05) is 0 Å². The molecule has 0 aliphatic carbocycles. The number of ether oxygens (including phenoxy) is 1. The zero-order valence-electron chi connectivity index (χ0n) is 22.5. The van der Waals surface area contributed by atoms with Crippen LogP contribution in [0.3, 0.4) is 0 Å². The first-order valence-electron chi connectivity index (χ1n) is 13.5. The Bertz CT molecular complexity index is 1620. The normalized spacial score (nSPS) is 12.4. The number of amides is 3. The summed E-state index contributed by atoms with van der Waals surface area (Å²) in [5.41, 5.74) is 8.40. The smallest absolute Gasteiger partial charge is 0.408 e. The third kappa shape index (κ3) is 6.89. The molecule has 0 spiro atoms. The summed E-state index contributed by atoms with van der Waals surface area (Å²) in [6, 6.07) is 34.5. The fourth-order valence-electron chi connectivity index (χ4n) is 4.99. The summed E-state index contributed by atoms with van der Waals surface area (Å²) in [6.07, 6.45) is -0.337. The van der Waals surface area contributed by atoms with Crippen LogP contribution in [0.2, 0.25) is 0 Å². The van der Waals surface area contributed by atoms with Gasteiger partial charge in [-0.15, -0.1) is 0 Å². The highest BCUT2D eigenvalue weighted by atomic mass is 16.5. The van der Waals surface area contributed by atoms with Gasteiger partial charge in [-0.3, -0.25) is 9.59 Å². The molecule has 206 valence electrons. The van der Waals surface area contributed by atoms with Gasteiger partial charge in [-0.1, -0.05) is 109 Å². The Morgan fingerprint density at radius 2 is 1.17 bits per heavy atom. The first-order chi connectivity index (χ1) is 20.0. The fraction of sp³-hybridized carbons (Fsp3) is 0.147. The second kappa shape index (κ2) is 12.8. The van der Waals surface area contributed by atoms with Crippen molar-refractivity contribution >= 4 is 39.5 Å². The number of carbonyl (C=O) groups is 3. The van der Waals surface area contributed by atoms with Crippen LogP contribution in [0.25, 0.3) is 21.5 Å². The number of fused-ring (bicyclic) bond motifs is 2. The van der Waals surface area contributed by atoms with Crippen molar-refractivity contribution in [1.82, 2.24) is 10.6 Å². The molecule has 0 fully saturated rings. The first-order valence-corrected chi connectivity index (χ1v) is 13.5. The molecule has 5 aromatic carbocycles. The third-order valence-corrected chi connectivity index (χ3v) is 7.05. The number of nitrogens with two attached hydrogens (primary N) is 1. The van der Waals surface area contributed by atoms with E-state index in [4.69, 9.17) is 10.5 Å². The molecule has 7 nitrogen and oxygen atoms in total. The molecule has 0 aliphatic rings. The van der Waals surface area contributed by atoms with E-state index in [9.17, 15) is 14.4 Å². The van der Waals surface area contributed by atoms with Gasteiger partial charge in [-0.2, -0.15) is 0 Å². The summed E-state index contributed by atoms with van der Waals surface area (Å²) >= 11 is 0. The molecule has 4 N–H and O–H groups in total. The van der Waals surface area contributed by atoms with E-state index in [1.54, 1.807) is 0 Å². The number of carbonyl (C=O) groups excluding carboxylic acids is 3. The quantitative estimate of drug-likeness (QED) is 0.214. The summed E-state index contributed by atoms with van der Waals surface area (Å²) in [5.74, 6) is -1.20. The molecule has 0 bridgehead atoms. The van der Waals surface area contributed by atoms with Crippen LogP contribution >= 0.6 is 0 Å². The van der Waals surface area contributed by atoms with E-state index in [2.05, 4.69) is 16.7 Å². The van der Waals surface area contributed by atoms with E-state index in [1.807, 2.05) is 109 Å². The minimum atomic E-state index is -1.00. The zero-order valence-corrected chi connectivity index (χ0v) is 22.5. The highest BCUT2D eigenvalue weighted by Crippen LogP contribution is 2.29. The minimum absolute atomic E-state index is 0.0599. The summed E-state index contributed by atoms with van der Waals surface area (Å²) < 4.78 is 5.37. The molecule has 5 rings (SSSR count). The van der Waals surface area contributed by atoms with E-state index in [0.29, 0.717) is 0 Å². The molecule has 0 unspecified atom stereocenters. The van der Waals surface area contributed by atoms with Crippen molar-refractivity contribution in [2.24, 2.45) is 5.73 Å². The zero-order chi connectivity index (χ0) is 28.6. The van der Waals surface area contributed by atoms with Gasteiger partial charge >= 0.3 is 6.09 Å². The van der Waals surface area contributed by atoms with Crippen molar-refractivity contribution in [2.45, 2.75) is 31.5 Å². The van der Waals surface area contributed by atoms with E-state index < -0.39 is 30.0 Å². The van der Waals surface area contributed by atoms with Gasteiger partial charge < -0.3 is 21.1 Å². The van der Waals surface area contributed by atoms with E-state index >= 15 is 0 Å². The predicted octanol–water partition coefficient (Wildman–Crippen LogP) is 5.04. The van der Waals surface area contributed by atoms with E-state index in [-0.39, 0.29) is 19.4 Å². The Morgan fingerprint density at radius 3 is 1.76 bits per heavy atom. The molecular formula is C34H31N3O4. The topological polar surface area (TPSA) is 111 Å². The van der Waals surface area contributed by atoms with Crippen molar-refractivity contribution in [3.63, 3.8) is 0 Å². The molecule has 0 saturated carbocycles. The Morgan fingerprint density at radius 1 is 0.634 bits per heavy atom. The molecule has 0 aliphatic heterocycles. The van der Waals surface area contributed by atoms with Crippen molar-refractivity contribution in [3.05, 3.63) is 132 Å². The Kier molecular flexibility index (Phi) is 8.55. The lowest BCUT2D eigenvalue weighted by atomic mass is 9.92. The van der Waals surface area contributed by atoms with Crippen LogP contribution in [0, 0.1) is 0 Å². The maximum atomic E-state index is 13.6. The summed E-state index contributed by atoms with van der Waals surface area (Å²) in [7, 11) is 0. The van der Waals surface area contributed by atoms with Gasteiger partial charge in [0.15, 0.2) is 0 Å². The fourth-order valence-corrected chi connectivity index (χ4v) is 4.99. The number of primary amides is 1. The van der Waals surface area contributed by atoms with Crippen LogP contribution in [-0.4, -0.2) is 30.0 Å². The van der Waals surface area contributed by atoms with Crippen LogP contribution < -0.4 is 16.4 Å². The van der Waals surface area contributed by atoms with Crippen LogP contribution in [0.15, 0.2) is 115 Å². The minimum Gasteiger partial charge on any atom is -0.445 e. The SMILES string of the molecule is NC(=O)[C@H](Cc1c2ccccc2cc2ccccc12)NC(=O)[C@@H](Cc1ccccc1)NC(=O)OCc1ccccc1. The summed E-state index contributed by atoms with van der Waals surface area (Å²) in [6.45, 7) is 0.0599. The Labute approximate surface area is 238 Å². The number of nitrogens with one attached hydrogen (secondary N) is 2. The van der Waals surface area contributed by atoms with Gasteiger partial charge in [0.25, 0.3) is 0 Å². The highest BCUT2D eigenvalue weighted by molar-refractivity contribution is 6.03. The molecule has 41 heavy (non-hydrogen) atoms. The standard InChI is InChI=1S/C34H31N3O4/c35-32(38)30(21-29-27-17-9-7-15-25(27)20-26-16-8-10-18-28(26)29)36-33(39)31(19-23-11-3-1-4-12-23)37-34(40)41-22-24-13-5-2-6-14-24/h1-18,20,30-31H,19,21-22H2,(H2,35,38)(H,36,39)(H,37,40)/t30-,31+/m0/s1. The molecule has 0 saturated heterocycles. The molecule has 0 heterocycles. The molecule has 0 aromatic heterocycles. The van der Waals surface area contributed by atoms with Crippen LogP contribution in [0.5, 0.6) is 0 Å². The van der Waals surface area contributed by atoms with E-state index in [0.717, 1.165) is 38.2 Å². The third-order valence-electron chi connectivity index (χ3n) is 7.05. The number of hydrogen-bond acceptors (Lipinski definition) is 4. The van der Waals surface area contributed by atoms with Gasteiger partial charge in [-0.25, -0.2) is 4.79 Å². The average molecular weight is 546 g/mol. The lowest BCUT2D eigenvalue weighted by molar-refractivity contribution is -0.128. The molecule has 3 amide bonds. The van der Waals surface area contributed by atoms with Crippen LogP contribution in [-0.2, 0) is 33.8 Å². The summed E-state index contributed by atoms with van der Waals surface area (Å²) in [4.78, 5) is 39.0. The summed E-state index contributed by atoms with van der Waals surface area (Å²) in [5, 5.41) is 9.51. The number of hydrogen-bond donors (Lipinski definition) is 3. The second-order valence-corrected chi connectivity index (χ2v) is 9.91. The van der Waals surface area contributed by atoms with Crippen molar-refractivity contribution < 1.29 is 19.1 Å². The van der Waals surface area contributed by atoms with Crippen molar-refractivity contribution in [1.29, 1.82) is 0 Å². The molecule has 0 radical (unpaired) electrons. The maximum absolute atomic E-state index is 13.6. The monoisotopic (exact) mass is 545 g/mol. The first kappa shape index (κ1) is 27.4. The molecule has 2 atom stereocenters. The number of rotatable bonds is 10. The van der Waals surface area contributed by atoms with Gasteiger partial charge in [0.05, 0.1) is 0 Å². The van der Waals surface area contributed by atoms with Crippen LogP contribution in [0.4, 0.5) is 4.79 Å². The molecule has 5 aromatic rings. The number of benzene rings is 5. The lowest BCUT2D eigenvalue weighted by Crippen LogP contribution is -2.54. The lowest BCUT2D eigenvalue weighted by Gasteiger charge is -2.23.